The molecule has 0 aliphatic carbocycles. The van der Waals surface area contributed by atoms with Gasteiger partial charge in [-0.1, -0.05) is 24.3 Å². The highest BCUT2D eigenvalue weighted by molar-refractivity contribution is 5.94. The number of ether oxygens (including phenoxy) is 2. The largest absolute Gasteiger partial charge is 0.496 e. The lowest BCUT2D eigenvalue weighted by atomic mass is 10.00. The maximum Gasteiger partial charge on any atom is 0.130 e. The quantitative estimate of drug-likeness (QED) is 0.936. The fourth-order valence-corrected chi connectivity index (χ4v) is 2.28. The zero-order valence-electron chi connectivity index (χ0n) is 11.5. The lowest BCUT2D eigenvalue weighted by Crippen LogP contribution is -2.18. The molecule has 2 aromatic carbocycles. The summed E-state index contributed by atoms with van der Waals surface area (Å²) in [7, 11) is 3.38. The Balaban J connectivity index is 0.00000180. The molecule has 104 valence electrons. The summed E-state index contributed by atoms with van der Waals surface area (Å²) in [5, 5.41) is 2.13. The second kappa shape index (κ2) is 6.64. The molecule has 4 heteroatoms. The van der Waals surface area contributed by atoms with Crippen LogP contribution in [-0.2, 0) is 6.42 Å². The molecule has 0 radical (unpaired) electrons. The Morgan fingerprint density at radius 2 is 1.74 bits per heavy atom. The fourth-order valence-electron chi connectivity index (χ4n) is 2.28. The fraction of sp³-hybridized carbons (Fsp3) is 0.333. The molecule has 0 saturated heterocycles. The lowest BCUT2D eigenvalue weighted by Gasteiger charge is -2.16. The smallest absolute Gasteiger partial charge is 0.130 e. The molecule has 0 heterocycles. The van der Waals surface area contributed by atoms with Gasteiger partial charge in [0.05, 0.1) is 14.2 Å². The molecular weight excluding hydrogens is 262 g/mol. The maximum absolute atomic E-state index is 5.89. The summed E-state index contributed by atoms with van der Waals surface area (Å²) >= 11 is 0. The molecule has 2 rings (SSSR count). The third-order valence-corrected chi connectivity index (χ3v) is 3.00. The van der Waals surface area contributed by atoms with Gasteiger partial charge >= 0.3 is 0 Å². The minimum absolute atomic E-state index is 0. The molecule has 19 heavy (non-hydrogen) atoms. The molecule has 0 amide bonds. The molecule has 3 nitrogen and oxygen atoms in total. The van der Waals surface area contributed by atoms with Gasteiger partial charge in [-0.3, -0.25) is 0 Å². The average Bonchev–Trinajstić information content (AvgIpc) is 2.37. The van der Waals surface area contributed by atoms with E-state index < -0.39 is 0 Å². The summed E-state index contributed by atoms with van der Waals surface area (Å²) in [6.45, 7) is 1.99. The van der Waals surface area contributed by atoms with E-state index in [1.54, 1.807) is 14.2 Å². The molecule has 0 fully saturated rings. The molecule has 0 bridgehead atoms. The Hall–Kier alpha value is -1.45. The molecule has 2 aromatic rings. The van der Waals surface area contributed by atoms with Crippen molar-refractivity contribution in [3.8, 4) is 11.5 Å². The molecule has 1 unspecified atom stereocenters. The molecule has 0 aliphatic rings. The SMILES string of the molecule is COc1cc(CC(C)N)c(OC)c2ccccc12.Cl. The van der Waals surface area contributed by atoms with Gasteiger partial charge in [0.25, 0.3) is 0 Å². The van der Waals surface area contributed by atoms with Crippen LogP contribution in [0.3, 0.4) is 0 Å². The van der Waals surface area contributed by atoms with Gasteiger partial charge in [-0.2, -0.15) is 0 Å². The van der Waals surface area contributed by atoms with E-state index in [1.807, 2.05) is 37.3 Å². The molecule has 0 spiro atoms. The van der Waals surface area contributed by atoms with Gasteiger partial charge in [-0.25, -0.2) is 0 Å². The third kappa shape index (κ3) is 3.11. The summed E-state index contributed by atoms with van der Waals surface area (Å²) in [6.07, 6.45) is 0.768. The van der Waals surface area contributed by atoms with Gasteiger partial charge < -0.3 is 15.2 Å². The Labute approximate surface area is 120 Å². The number of halogens is 1. The van der Waals surface area contributed by atoms with E-state index in [0.717, 1.165) is 34.3 Å². The maximum atomic E-state index is 5.89. The van der Waals surface area contributed by atoms with Crippen molar-refractivity contribution in [3.05, 3.63) is 35.9 Å². The van der Waals surface area contributed by atoms with Crippen molar-refractivity contribution in [1.29, 1.82) is 0 Å². The average molecular weight is 282 g/mol. The predicted molar refractivity (Wildman–Crippen MR) is 81.7 cm³/mol. The van der Waals surface area contributed by atoms with Crippen LogP contribution in [0.15, 0.2) is 30.3 Å². The van der Waals surface area contributed by atoms with Crippen LogP contribution in [0.2, 0.25) is 0 Å². The minimum Gasteiger partial charge on any atom is -0.496 e. The first-order valence-electron chi connectivity index (χ1n) is 6.05. The van der Waals surface area contributed by atoms with Crippen molar-refractivity contribution >= 4 is 23.2 Å². The van der Waals surface area contributed by atoms with E-state index in [1.165, 1.54) is 0 Å². The van der Waals surface area contributed by atoms with Crippen LogP contribution in [0, 0.1) is 0 Å². The Morgan fingerprint density at radius 1 is 1.11 bits per heavy atom. The number of fused-ring (bicyclic) bond motifs is 1. The number of hydrogen-bond acceptors (Lipinski definition) is 3. The summed E-state index contributed by atoms with van der Waals surface area (Å²) < 4.78 is 11.0. The van der Waals surface area contributed by atoms with Gasteiger partial charge in [0.15, 0.2) is 0 Å². The van der Waals surface area contributed by atoms with Crippen LogP contribution < -0.4 is 15.2 Å². The Morgan fingerprint density at radius 3 is 2.26 bits per heavy atom. The van der Waals surface area contributed by atoms with E-state index in [9.17, 15) is 0 Å². The normalized spacial score (nSPS) is 11.8. The van der Waals surface area contributed by atoms with Crippen LogP contribution in [0.4, 0.5) is 0 Å². The number of hydrogen-bond donors (Lipinski definition) is 1. The second-order valence-corrected chi connectivity index (χ2v) is 4.50. The molecule has 0 aromatic heterocycles. The van der Waals surface area contributed by atoms with Gasteiger partial charge in [0, 0.05) is 16.8 Å². The third-order valence-electron chi connectivity index (χ3n) is 3.00. The summed E-state index contributed by atoms with van der Waals surface area (Å²) in [6, 6.07) is 10.2. The topological polar surface area (TPSA) is 44.5 Å². The highest BCUT2D eigenvalue weighted by Crippen LogP contribution is 2.36. The lowest BCUT2D eigenvalue weighted by molar-refractivity contribution is 0.405. The highest BCUT2D eigenvalue weighted by Gasteiger charge is 2.13. The van der Waals surface area contributed by atoms with Crippen molar-refractivity contribution in [2.24, 2.45) is 5.73 Å². The zero-order chi connectivity index (χ0) is 13.1. The van der Waals surface area contributed by atoms with Gasteiger partial charge in [0.1, 0.15) is 11.5 Å². The number of benzene rings is 2. The molecular formula is C15H20ClNO2. The Bertz CT molecular complexity index is 555. The van der Waals surface area contributed by atoms with E-state index in [2.05, 4.69) is 0 Å². The van der Waals surface area contributed by atoms with E-state index in [0.29, 0.717) is 0 Å². The first-order valence-corrected chi connectivity index (χ1v) is 6.05. The van der Waals surface area contributed by atoms with Crippen molar-refractivity contribution in [3.63, 3.8) is 0 Å². The van der Waals surface area contributed by atoms with Crippen LogP contribution in [0.25, 0.3) is 10.8 Å². The van der Waals surface area contributed by atoms with Crippen LogP contribution >= 0.6 is 12.4 Å². The molecule has 0 aliphatic heterocycles. The molecule has 1 atom stereocenters. The monoisotopic (exact) mass is 281 g/mol. The number of nitrogens with two attached hydrogens (primary N) is 1. The number of rotatable bonds is 4. The highest BCUT2D eigenvalue weighted by atomic mass is 35.5. The predicted octanol–water partition coefficient (Wildman–Crippen LogP) is 3.17. The first-order chi connectivity index (χ1) is 8.67. The van der Waals surface area contributed by atoms with Crippen molar-refractivity contribution in [1.82, 2.24) is 0 Å². The summed E-state index contributed by atoms with van der Waals surface area (Å²) in [5.41, 5.74) is 6.97. The van der Waals surface area contributed by atoms with Crippen LogP contribution in [-0.4, -0.2) is 20.3 Å². The van der Waals surface area contributed by atoms with Gasteiger partial charge in [-0.15, -0.1) is 12.4 Å². The van der Waals surface area contributed by atoms with Crippen molar-refractivity contribution in [2.75, 3.05) is 14.2 Å². The van der Waals surface area contributed by atoms with Crippen molar-refractivity contribution in [2.45, 2.75) is 19.4 Å². The minimum atomic E-state index is 0. The number of methoxy groups -OCH3 is 2. The van der Waals surface area contributed by atoms with Crippen LogP contribution in [0.5, 0.6) is 11.5 Å². The van der Waals surface area contributed by atoms with E-state index >= 15 is 0 Å². The van der Waals surface area contributed by atoms with E-state index in [4.69, 9.17) is 15.2 Å². The molecule has 2 N–H and O–H groups in total. The molecule has 0 saturated carbocycles. The standard InChI is InChI=1S/C15H19NO2.ClH/c1-10(16)8-11-9-14(17-2)12-6-4-5-7-13(12)15(11)18-3;/h4-7,9-10H,8,16H2,1-3H3;1H. The van der Waals surface area contributed by atoms with Crippen LogP contribution in [0.1, 0.15) is 12.5 Å². The zero-order valence-corrected chi connectivity index (χ0v) is 12.3. The first kappa shape index (κ1) is 15.6. The Kier molecular flexibility index (Phi) is 5.45. The summed E-state index contributed by atoms with van der Waals surface area (Å²) in [5.74, 6) is 1.76. The summed E-state index contributed by atoms with van der Waals surface area (Å²) in [4.78, 5) is 0. The second-order valence-electron chi connectivity index (χ2n) is 4.50. The van der Waals surface area contributed by atoms with Gasteiger partial charge in [-0.05, 0) is 25.0 Å². The van der Waals surface area contributed by atoms with E-state index in [-0.39, 0.29) is 18.4 Å². The van der Waals surface area contributed by atoms with Gasteiger partial charge in [0.2, 0.25) is 0 Å². The van der Waals surface area contributed by atoms with Crippen molar-refractivity contribution < 1.29 is 9.47 Å².